The topological polar surface area (TPSA) is 0 Å². The second-order valence-corrected chi connectivity index (χ2v) is 14.2. The van der Waals surface area contributed by atoms with Crippen LogP contribution in [-0.4, -0.2) is 34.1 Å². The van der Waals surface area contributed by atoms with Crippen molar-refractivity contribution in [3.8, 4) is 0 Å². The fraction of sp³-hybridized carbons (Fsp3) is 0.200. The first-order valence-electron chi connectivity index (χ1n) is 3.97. The summed E-state index contributed by atoms with van der Waals surface area (Å²) >= 11 is 0.578. The van der Waals surface area contributed by atoms with Gasteiger partial charge in [-0.3, -0.25) is 0 Å². The molecule has 12 heavy (non-hydrogen) atoms. The number of hydrogen-bond donors (Lipinski definition) is 0. The maximum absolute atomic E-state index is 2.37. The Balaban J connectivity index is 1.74. The van der Waals surface area contributed by atoms with Crippen molar-refractivity contribution in [2.75, 3.05) is 0 Å². The number of allylic oxidation sites excluding steroid dienone is 8. The monoisotopic (exact) mass is 390 g/mol. The molecule has 2 aliphatic carbocycles. The molecule has 2 rings (SSSR count). The van der Waals surface area contributed by atoms with Crippen LogP contribution in [-0.2, 0) is 0 Å². The predicted octanol–water partition coefficient (Wildman–Crippen LogP) is 2.14. The van der Waals surface area contributed by atoms with Crippen molar-refractivity contribution in [1.29, 1.82) is 0 Å². The summed E-state index contributed by atoms with van der Waals surface area (Å²) in [7, 11) is 0. The van der Waals surface area contributed by atoms with Crippen molar-refractivity contribution < 1.29 is 0 Å². The van der Waals surface area contributed by atoms with E-state index in [-0.39, 0.29) is 34.1 Å². The third kappa shape index (κ3) is 2.51. The van der Waals surface area contributed by atoms with Gasteiger partial charge in [0.15, 0.2) is 0 Å². The molecular weight excluding hydrogens is 375 g/mol. The Morgan fingerprint density at radius 2 is 0.917 bits per heavy atom. The minimum absolute atomic E-state index is 0.289. The first kappa shape index (κ1) is 9.11. The van der Waals surface area contributed by atoms with Gasteiger partial charge in [0.05, 0.1) is 0 Å². The molecule has 0 fully saturated rings. The number of hydrogen-bond acceptors (Lipinski definition) is 0. The molecule has 2 aliphatic rings. The molecule has 0 nitrogen and oxygen atoms in total. The van der Waals surface area contributed by atoms with E-state index in [0.29, 0.717) is 0 Å². The Morgan fingerprint density at radius 3 is 1.25 bits per heavy atom. The van der Waals surface area contributed by atoms with Crippen LogP contribution < -0.4 is 0 Å². The van der Waals surface area contributed by atoms with Gasteiger partial charge in [0.25, 0.3) is 0 Å². The van der Waals surface area contributed by atoms with Crippen LogP contribution in [0.1, 0.15) is 0 Å². The minimum atomic E-state index is 0.289. The van der Waals surface area contributed by atoms with Gasteiger partial charge in [-0.05, 0) is 0 Å². The van der Waals surface area contributed by atoms with Crippen molar-refractivity contribution in [2.24, 2.45) is 0 Å². The average Bonchev–Trinajstić information content (AvgIpc) is 2.74. The summed E-state index contributed by atoms with van der Waals surface area (Å²) in [6, 6.07) is 0. The van der Waals surface area contributed by atoms with Gasteiger partial charge >= 0.3 is 90.7 Å². The van der Waals surface area contributed by atoms with Crippen molar-refractivity contribution in [3.63, 3.8) is 0 Å². The first-order valence-corrected chi connectivity index (χ1v) is 14.0. The zero-order valence-corrected chi connectivity index (χ0v) is 11.3. The molecule has 0 unspecified atom stereocenters. The SMILES string of the molecule is C1=CC([Te][Te]C2C=CC=C2)C=C1. The Hall–Kier alpha value is 0.539. The first-order chi connectivity index (χ1) is 5.95. The van der Waals surface area contributed by atoms with Gasteiger partial charge < -0.3 is 0 Å². The molecule has 0 bridgehead atoms. The molecule has 0 spiro atoms. The molecule has 0 aromatic heterocycles. The standard InChI is InChI=1S/C10H10Te2/c1-2-6-9(5-1)11-12-10-7-3-4-8-10/h1-10H. The van der Waals surface area contributed by atoms with Crippen LogP contribution in [0, 0.1) is 0 Å². The van der Waals surface area contributed by atoms with Crippen LogP contribution >= 0.6 is 0 Å². The summed E-state index contributed by atoms with van der Waals surface area (Å²) in [5.74, 6) is 0. The summed E-state index contributed by atoms with van der Waals surface area (Å²) < 4.78 is 1.78. The Morgan fingerprint density at radius 1 is 0.583 bits per heavy atom. The van der Waals surface area contributed by atoms with Gasteiger partial charge in [0.2, 0.25) is 0 Å². The molecule has 0 saturated carbocycles. The predicted molar refractivity (Wildman–Crippen MR) is 55.6 cm³/mol. The molecule has 0 radical (unpaired) electrons. The van der Waals surface area contributed by atoms with Crippen LogP contribution in [0.25, 0.3) is 0 Å². The Bertz CT molecular complexity index is 209. The third-order valence-electron chi connectivity index (χ3n) is 1.70. The maximum atomic E-state index is 2.37. The Labute approximate surface area is 89.8 Å². The van der Waals surface area contributed by atoms with Gasteiger partial charge in [-0.25, -0.2) is 0 Å². The molecule has 0 aliphatic heterocycles. The normalized spacial score (nSPS) is 21.7. The van der Waals surface area contributed by atoms with Crippen molar-refractivity contribution in [2.45, 2.75) is 7.93 Å². The summed E-state index contributed by atoms with van der Waals surface area (Å²) in [5, 5.41) is 0. The van der Waals surface area contributed by atoms with E-state index < -0.39 is 0 Å². The van der Waals surface area contributed by atoms with Crippen LogP contribution in [0.15, 0.2) is 48.6 Å². The van der Waals surface area contributed by atoms with E-state index in [1.807, 2.05) is 0 Å². The van der Waals surface area contributed by atoms with E-state index in [1.165, 1.54) is 0 Å². The van der Waals surface area contributed by atoms with E-state index >= 15 is 0 Å². The van der Waals surface area contributed by atoms with Crippen molar-refractivity contribution in [3.05, 3.63) is 48.6 Å². The fourth-order valence-corrected chi connectivity index (χ4v) is 13.4. The Kier molecular flexibility index (Phi) is 3.56. The zero-order valence-electron chi connectivity index (χ0n) is 6.59. The second-order valence-electron chi connectivity index (χ2n) is 2.66. The molecule has 0 heterocycles. The molecule has 0 saturated heterocycles. The van der Waals surface area contributed by atoms with E-state index in [1.54, 1.807) is 0 Å². The fourth-order valence-electron chi connectivity index (χ4n) is 1.08. The van der Waals surface area contributed by atoms with Gasteiger partial charge in [-0.2, -0.15) is 0 Å². The van der Waals surface area contributed by atoms with Crippen LogP contribution in [0.3, 0.4) is 0 Å². The van der Waals surface area contributed by atoms with Gasteiger partial charge in [-0.15, -0.1) is 0 Å². The molecule has 62 valence electrons. The summed E-state index contributed by atoms with van der Waals surface area (Å²) in [6.07, 6.45) is 18.3. The number of rotatable bonds is 3. The van der Waals surface area contributed by atoms with Gasteiger partial charge in [0.1, 0.15) is 0 Å². The summed E-state index contributed by atoms with van der Waals surface area (Å²) in [4.78, 5) is 0. The zero-order chi connectivity index (χ0) is 8.23. The van der Waals surface area contributed by atoms with Crippen LogP contribution in [0.5, 0.6) is 0 Å². The van der Waals surface area contributed by atoms with Crippen LogP contribution in [0.4, 0.5) is 0 Å². The van der Waals surface area contributed by atoms with Crippen molar-refractivity contribution >= 4 is 34.1 Å². The quantitative estimate of drug-likeness (QED) is 0.653. The van der Waals surface area contributed by atoms with Crippen LogP contribution in [0.2, 0.25) is 7.93 Å². The van der Waals surface area contributed by atoms with E-state index in [9.17, 15) is 0 Å². The molecule has 0 atom stereocenters. The van der Waals surface area contributed by atoms with E-state index in [0.717, 1.165) is 7.93 Å². The van der Waals surface area contributed by atoms with Crippen molar-refractivity contribution in [1.82, 2.24) is 0 Å². The van der Waals surface area contributed by atoms with E-state index in [4.69, 9.17) is 0 Å². The molecule has 0 N–H and O–H groups in total. The third-order valence-corrected chi connectivity index (χ3v) is 15.7. The van der Waals surface area contributed by atoms with Gasteiger partial charge in [-0.1, -0.05) is 0 Å². The van der Waals surface area contributed by atoms with Gasteiger partial charge in [0, 0.05) is 0 Å². The molecule has 0 amide bonds. The summed E-state index contributed by atoms with van der Waals surface area (Å²) in [5.41, 5.74) is 0. The molecule has 2 heteroatoms. The average molecular weight is 385 g/mol. The molecule has 0 aromatic rings. The second kappa shape index (κ2) is 4.69. The summed E-state index contributed by atoms with van der Waals surface area (Å²) in [6.45, 7) is 0. The molecule has 0 aromatic carbocycles. The van der Waals surface area contributed by atoms with E-state index in [2.05, 4.69) is 48.6 Å². The molecular formula is C10H10Te2.